The first-order chi connectivity index (χ1) is 8.92. The van der Waals surface area contributed by atoms with Crippen molar-refractivity contribution in [2.75, 3.05) is 13.6 Å². The molecule has 1 amide bonds. The molecule has 0 spiro atoms. The van der Waals surface area contributed by atoms with Crippen LogP contribution in [0.2, 0.25) is 0 Å². The molecule has 1 aromatic heterocycles. The molecule has 0 fully saturated rings. The first-order valence-corrected chi connectivity index (χ1v) is 6.28. The van der Waals surface area contributed by atoms with Crippen LogP contribution >= 0.6 is 0 Å². The number of aromatic nitrogens is 1. The number of H-pyrrole nitrogens is 1. The van der Waals surface area contributed by atoms with Gasteiger partial charge in [-0.3, -0.25) is 9.59 Å². The van der Waals surface area contributed by atoms with Gasteiger partial charge in [-0.15, -0.1) is 0 Å². The number of pyridine rings is 1. The number of nitrogens with one attached hydrogen (secondary N) is 1. The number of carbonyl (C=O) groups is 1. The lowest BCUT2D eigenvalue weighted by atomic mass is 9.99. The van der Waals surface area contributed by atoms with E-state index in [1.165, 1.54) is 0 Å². The van der Waals surface area contributed by atoms with Crippen molar-refractivity contribution in [3.05, 3.63) is 32.7 Å². The summed E-state index contributed by atoms with van der Waals surface area (Å²) in [5, 5.41) is 8.97. The fraction of sp³-hybridized carbons (Fsp3) is 0.500. The molecule has 1 heterocycles. The number of aryl methyl sites for hydroxylation is 1. The molecular formula is C14H19N3O2. The summed E-state index contributed by atoms with van der Waals surface area (Å²) in [5.74, 6) is 0.0611. The minimum atomic E-state index is -0.363. The molecule has 0 saturated carbocycles. The number of hydrogen-bond acceptors (Lipinski definition) is 3. The van der Waals surface area contributed by atoms with Gasteiger partial charge in [0.15, 0.2) is 0 Å². The van der Waals surface area contributed by atoms with Crippen LogP contribution in [0.4, 0.5) is 0 Å². The zero-order valence-corrected chi connectivity index (χ0v) is 11.8. The van der Waals surface area contributed by atoms with Crippen LogP contribution in [0.3, 0.4) is 0 Å². The lowest BCUT2D eigenvalue weighted by Crippen LogP contribution is -2.26. The second-order valence-electron chi connectivity index (χ2n) is 4.58. The molecule has 0 bridgehead atoms. The second-order valence-corrected chi connectivity index (χ2v) is 4.58. The summed E-state index contributed by atoms with van der Waals surface area (Å²) in [7, 11) is 1.76. The number of aromatic amines is 1. The van der Waals surface area contributed by atoms with Crippen LogP contribution in [0.1, 0.15) is 35.7 Å². The van der Waals surface area contributed by atoms with E-state index in [0.717, 1.165) is 11.3 Å². The minimum absolute atomic E-state index is 0.0611. The lowest BCUT2D eigenvalue weighted by Gasteiger charge is -2.15. The molecule has 0 radical (unpaired) electrons. The molecule has 1 N–H and O–H groups in total. The van der Waals surface area contributed by atoms with Crippen molar-refractivity contribution in [1.82, 2.24) is 9.88 Å². The molecule has 0 aliphatic carbocycles. The van der Waals surface area contributed by atoms with Gasteiger partial charge in [0.2, 0.25) is 5.91 Å². The molecule has 0 unspecified atom stereocenters. The standard InChI is InChI=1S/C14H19N3O2/c1-5-17(4)13(18)7-6-11-9(2)12(8-15)14(19)16-10(11)3/h5-7H2,1-4H3,(H,16,19). The van der Waals surface area contributed by atoms with Gasteiger partial charge in [0.05, 0.1) is 0 Å². The van der Waals surface area contributed by atoms with E-state index in [4.69, 9.17) is 5.26 Å². The summed E-state index contributed by atoms with van der Waals surface area (Å²) in [6, 6.07) is 1.91. The van der Waals surface area contributed by atoms with Gasteiger partial charge in [0, 0.05) is 25.7 Å². The predicted molar refractivity (Wildman–Crippen MR) is 72.9 cm³/mol. The molecule has 0 aliphatic heterocycles. The average Bonchev–Trinajstić information content (AvgIpc) is 2.37. The fourth-order valence-corrected chi connectivity index (χ4v) is 2.02. The average molecular weight is 261 g/mol. The van der Waals surface area contributed by atoms with E-state index in [2.05, 4.69) is 4.98 Å². The van der Waals surface area contributed by atoms with Gasteiger partial charge in [-0.2, -0.15) is 5.26 Å². The smallest absolute Gasteiger partial charge is 0.266 e. The highest BCUT2D eigenvalue weighted by molar-refractivity contribution is 5.76. The highest BCUT2D eigenvalue weighted by Crippen LogP contribution is 2.15. The zero-order valence-electron chi connectivity index (χ0n) is 11.8. The molecule has 5 nitrogen and oxygen atoms in total. The van der Waals surface area contributed by atoms with Gasteiger partial charge in [-0.1, -0.05) is 0 Å². The Kier molecular flexibility index (Phi) is 4.87. The number of hydrogen-bond donors (Lipinski definition) is 1. The van der Waals surface area contributed by atoms with Gasteiger partial charge < -0.3 is 9.88 Å². The number of amides is 1. The van der Waals surface area contributed by atoms with E-state index in [-0.39, 0.29) is 17.0 Å². The van der Waals surface area contributed by atoms with Crippen molar-refractivity contribution < 1.29 is 4.79 Å². The quantitative estimate of drug-likeness (QED) is 0.886. The third-order valence-electron chi connectivity index (χ3n) is 3.41. The third-order valence-corrected chi connectivity index (χ3v) is 3.41. The Morgan fingerprint density at radius 2 is 2.05 bits per heavy atom. The Hall–Kier alpha value is -2.09. The second kappa shape index (κ2) is 6.19. The SMILES string of the molecule is CCN(C)C(=O)CCc1c(C)[nH]c(=O)c(C#N)c1C. The normalized spacial score (nSPS) is 10.1. The Labute approximate surface area is 112 Å². The van der Waals surface area contributed by atoms with Crippen molar-refractivity contribution in [1.29, 1.82) is 5.26 Å². The van der Waals surface area contributed by atoms with Gasteiger partial charge >= 0.3 is 0 Å². The Morgan fingerprint density at radius 1 is 1.42 bits per heavy atom. The molecule has 1 rings (SSSR count). The van der Waals surface area contributed by atoms with Crippen LogP contribution in [0, 0.1) is 25.2 Å². The molecule has 0 aromatic carbocycles. The molecular weight excluding hydrogens is 242 g/mol. The number of rotatable bonds is 4. The zero-order chi connectivity index (χ0) is 14.6. The number of nitriles is 1. The monoisotopic (exact) mass is 261 g/mol. The molecule has 102 valence electrons. The summed E-state index contributed by atoms with van der Waals surface area (Å²) in [6.07, 6.45) is 0.912. The number of carbonyl (C=O) groups excluding carboxylic acids is 1. The molecule has 1 aromatic rings. The van der Waals surface area contributed by atoms with Gasteiger partial charge in [0.25, 0.3) is 5.56 Å². The summed E-state index contributed by atoms with van der Waals surface area (Å²) in [4.78, 5) is 27.7. The Bertz CT molecular complexity index is 582. The van der Waals surface area contributed by atoms with Crippen molar-refractivity contribution in [2.24, 2.45) is 0 Å². The van der Waals surface area contributed by atoms with Crippen LogP contribution in [0.5, 0.6) is 0 Å². The third kappa shape index (κ3) is 3.22. The topological polar surface area (TPSA) is 77.0 Å². The fourth-order valence-electron chi connectivity index (χ4n) is 2.02. The Morgan fingerprint density at radius 3 is 2.58 bits per heavy atom. The molecule has 5 heteroatoms. The Balaban J connectivity index is 3.00. The summed E-state index contributed by atoms with van der Waals surface area (Å²) >= 11 is 0. The van der Waals surface area contributed by atoms with Crippen LogP contribution in [0.25, 0.3) is 0 Å². The summed E-state index contributed by atoms with van der Waals surface area (Å²) < 4.78 is 0. The van der Waals surface area contributed by atoms with Gasteiger partial charge in [-0.25, -0.2) is 0 Å². The summed E-state index contributed by atoms with van der Waals surface area (Å²) in [6.45, 7) is 6.14. The first kappa shape index (κ1) is 15.0. The van der Waals surface area contributed by atoms with Crippen molar-refractivity contribution in [3.63, 3.8) is 0 Å². The number of nitrogens with zero attached hydrogens (tertiary/aromatic N) is 2. The van der Waals surface area contributed by atoms with Crippen LogP contribution in [0.15, 0.2) is 4.79 Å². The molecule has 19 heavy (non-hydrogen) atoms. The first-order valence-electron chi connectivity index (χ1n) is 6.28. The van der Waals surface area contributed by atoms with E-state index in [0.29, 0.717) is 24.9 Å². The largest absolute Gasteiger partial charge is 0.346 e. The lowest BCUT2D eigenvalue weighted by molar-refractivity contribution is -0.129. The molecule has 0 aliphatic rings. The van der Waals surface area contributed by atoms with E-state index >= 15 is 0 Å². The minimum Gasteiger partial charge on any atom is -0.346 e. The van der Waals surface area contributed by atoms with Crippen molar-refractivity contribution in [3.8, 4) is 6.07 Å². The highest BCUT2D eigenvalue weighted by atomic mass is 16.2. The maximum absolute atomic E-state index is 11.8. The van der Waals surface area contributed by atoms with E-state index in [9.17, 15) is 9.59 Å². The predicted octanol–water partition coefficient (Wildman–Crippen LogP) is 1.27. The maximum atomic E-state index is 11.8. The van der Waals surface area contributed by atoms with E-state index < -0.39 is 0 Å². The highest BCUT2D eigenvalue weighted by Gasteiger charge is 2.14. The van der Waals surface area contributed by atoms with E-state index in [1.807, 2.05) is 13.0 Å². The van der Waals surface area contributed by atoms with Crippen molar-refractivity contribution in [2.45, 2.75) is 33.6 Å². The van der Waals surface area contributed by atoms with E-state index in [1.54, 1.807) is 25.8 Å². The van der Waals surface area contributed by atoms with Crippen LogP contribution in [-0.2, 0) is 11.2 Å². The van der Waals surface area contributed by atoms with Gasteiger partial charge in [-0.05, 0) is 38.3 Å². The van der Waals surface area contributed by atoms with Crippen molar-refractivity contribution >= 4 is 5.91 Å². The molecule has 0 atom stereocenters. The summed E-state index contributed by atoms with van der Waals surface area (Å²) in [5.41, 5.74) is 2.06. The molecule has 0 saturated heterocycles. The van der Waals surface area contributed by atoms with Crippen LogP contribution in [-0.4, -0.2) is 29.4 Å². The maximum Gasteiger partial charge on any atom is 0.266 e. The van der Waals surface area contributed by atoms with Crippen LogP contribution < -0.4 is 5.56 Å². The van der Waals surface area contributed by atoms with Gasteiger partial charge in [0.1, 0.15) is 11.6 Å².